The summed E-state index contributed by atoms with van der Waals surface area (Å²) in [5.74, 6) is 2.16. The van der Waals surface area contributed by atoms with Crippen LogP contribution in [0.15, 0.2) is 58.0 Å². The number of aromatic nitrogens is 4. The Bertz CT molecular complexity index is 1430. The van der Waals surface area contributed by atoms with Crippen molar-refractivity contribution in [1.82, 2.24) is 19.5 Å². The number of benzene rings is 2. The largest absolute Gasteiger partial charge is 0.496 e. The van der Waals surface area contributed by atoms with Crippen molar-refractivity contribution in [3.63, 3.8) is 0 Å². The van der Waals surface area contributed by atoms with Crippen LogP contribution in [0.1, 0.15) is 22.8 Å². The first-order chi connectivity index (χ1) is 14.6. The van der Waals surface area contributed by atoms with Gasteiger partial charge in [0.15, 0.2) is 0 Å². The number of H-pyrrole nitrogens is 1. The highest BCUT2D eigenvalue weighted by Crippen LogP contribution is 2.37. The predicted octanol–water partition coefficient (Wildman–Crippen LogP) is 4.05. The molecule has 2 aromatic carbocycles. The Labute approximate surface area is 171 Å². The first-order valence-corrected chi connectivity index (χ1v) is 9.64. The summed E-state index contributed by atoms with van der Waals surface area (Å²) < 4.78 is 13.0. The molecule has 7 nitrogen and oxygen atoms in total. The Kier molecular flexibility index (Phi) is 4.17. The molecule has 0 radical (unpaired) electrons. The highest BCUT2D eigenvalue weighted by atomic mass is 16.5. The molecule has 1 N–H and O–H groups in total. The van der Waals surface area contributed by atoms with Crippen LogP contribution in [0, 0.1) is 13.8 Å². The molecule has 0 bridgehead atoms. The molecule has 5 rings (SSSR count). The van der Waals surface area contributed by atoms with E-state index in [4.69, 9.17) is 9.26 Å². The molecule has 5 aromatic rings. The number of methoxy groups -OCH3 is 1. The number of aromatic amines is 1. The minimum Gasteiger partial charge on any atom is -0.496 e. The number of imidazole rings is 1. The molecule has 30 heavy (non-hydrogen) atoms. The molecule has 0 spiro atoms. The molecule has 0 aliphatic heterocycles. The van der Waals surface area contributed by atoms with E-state index in [1.807, 2.05) is 48.6 Å². The molecule has 0 saturated carbocycles. The fraction of sp³-hybridized carbons (Fsp3) is 0.174. The Morgan fingerprint density at radius 2 is 1.97 bits per heavy atom. The van der Waals surface area contributed by atoms with Crippen LogP contribution < -0.4 is 10.3 Å². The Morgan fingerprint density at radius 1 is 1.17 bits per heavy atom. The third-order valence-electron chi connectivity index (χ3n) is 5.39. The average molecular weight is 400 g/mol. The van der Waals surface area contributed by atoms with Gasteiger partial charge in [0, 0.05) is 18.1 Å². The van der Waals surface area contributed by atoms with E-state index in [-0.39, 0.29) is 5.56 Å². The zero-order chi connectivity index (χ0) is 20.8. The predicted molar refractivity (Wildman–Crippen MR) is 114 cm³/mol. The summed E-state index contributed by atoms with van der Waals surface area (Å²) in [5.41, 5.74) is 4.70. The summed E-state index contributed by atoms with van der Waals surface area (Å²) in [7, 11) is 1.62. The van der Waals surface area contributed by atoms with Gasteiger partial charge >= 0.3 is 0 Å². The highest BCUT2D eigenvalue weighted by Gasteiger charge is 2.20. The number of nitrogens with zero attached hydrogens (tertiary/aromatic N) is 3. The molecule has 0 atom stereocenters. The van der Waals surface area contributed by atoms with E-state index in [1.165, 1.54) is 0 Å². The third-order valence-corrected chi connectivity index (χ3v) is 5.39. The van der Waals surface area contributed by atoms with E-state index < -0.39 is 0 Å². The lowest BCUT2D eigenvalue weighted by molar-refractivity contribution is 0.393. The summed E-state index contributed by atoms with van der Waals surface area (Å²) >= 11 is 0. The van der Waals surface area contributed by atoms with Gasteiger partial charge in [0.1, 0.15) is 23.0 Å². The van der Waals surface area contributed by atoms with Crippen molar-refractivity contribution in [2.75, 3.05) is 7.11 Å². The summed E-state index contributed by atoms with van der Waals surface area (Å²) in [6.45, 7) is 3.72. The van der Waals surface area contributed by atoms with E-state index in [9.17, 15) is 4.79 Å². The maximum absolute atomic E-state index is 12.9. The first-order valence-electron chi connectivity index (χ1n) is 9.64. The highest BCUT2D eigenvalue weighted by molar-refractivity contribution is 5.90. The van der Waals surface area contributed by atoms with Crippen molar-refractivity contribution in [2.45, 2.75) is 20.3 Å². The molecule has 3 aromatic heterocycles. The van der Waals surface area contributed by atoms with Crippen LogP contribution in [-0.2, 0) is 6.42 Å². The molecule has 0 aliphatic rings. The second-order valence-corrected chi connectivity index (χ2v) is 7.28. The van der Waals surface area contributed by atoms with Crippen LogP contribution in [0.2, 0.25) is 0 Å². The van der Waals surface area contributed by atoms with Crippen LogP contribution in [0.5, 0.6) is 5.75 Å². The number of aryl methyl sites for hydroxylation is 2. The number of hydrogen-bond acceptors (Lipinski definition) is 5. The van der Waals surface area contributed by atoms with Crippen molar-refractivity contribution in [2.24, 2.45) is 0 Å². The van der Waals surface area contributed by atoms with Gasteiger partial charge in [0.05, 0.1) is 35.5 Å². The molecule has 7 heteroatoms. The Hall–Kier alpha value is -3.87. The van der Waals surface area contributed by atoms with Crippen molar-refractivity contribution in [3.8, 4) is 16.9 Å². The second kappa shape index (κ2) is 6.88. The fourth-order valence-corrected chi connectivity index (χ4v) is 4.00. The first kappa shape index (κ1) is 18.2. The van der Waals surface area contributed by atoms with E-state index in [2.05, 4.69) is 27.3 Å². The molecule has 0 fully saturated rings. The van der Waals surface area contributed by atoms with Crippen molar-refractivity contribution < 1.29 is 9.26 Å². The maximum Gasteiger partial charge on any atom is 0.258 e. The minimum atomic E-state index is -0.181. The van der Waals surface area contributed by atoms with Crippen LogP contribution in [0.4, 0.5) is 0 Å². The maximum atomic E-state index is 12.9. The van der Waals surface area contributed by atoms with E-state index in [1.54, 1.807) is 13.3 Å². The minimum absolute atomic E-state index is 0.181. The van der Waals surface area contributed by atoms with Gasteiger partial charge in [-0.1, -0.05) is 35.5 Å². The summed E-state index contributed by atoms with van der Waals surface area (Å²) in [6.07, 6.45) is 2.33. The van der Waals surface area contributed by atoms with E-state index >= 15 is 0 Å². The van der Waals surface area contributed by atoms with Crippen molar-refractivity contribution in [1.29, 1.82) is 0 Å². The number of hydrogen-bond donors (Lipinski definition) is 1. The van der Waals surface area contributed by atoms with Gasteiger partial charge in [-0.25, -0.2) is 4.98 Å². The fourth-order valence-electron chi connectivity index (χ4n) is 4.00. The van der Waals surface area contributed by atoms with Crippen LogP contribution in [0.3, 0.4) is 0 Å². The monoisotopic (exact) mass is 400 g/mol. The quantitative estimate of drug-likeness (QED) is 0.492. The molecule has 0 aliphatic carbocycles. The summed E-state index contributed by atoms with van der Waals surface area (Å²) in [4.78, 5) is 20.4. The van der Waals surface area contributed by atoms with Gasteiger partial charge in [-0.15, -0.1) is 0 Å². The van der Waals surface area contributed by atoms with Gasteiger partial charge in [-0.3, -0.25) is 9.20 Å². The summed E-state index contributed by atoms with van der Waals surface area (Å²) in [5, 5.41) is 4.59. The van der Waals surface area contributed by atoms with Gasteiger partial charge in [0.25, 0.3) is 5.56 Å². The van der Waals surface area contributed by atoms with E-state index in [0.717, 1.165) is 33.7 Å². The number of nitrogens with one attached hydrogen (secondary N) is 1. The molecule has 0 saturated heterocycles. The van der Waals surface area contributed by atoms with Gasteiger partial charge in [-0.2, -0.15) is 0 Å². The normalized spacial score (nSPS) is 11.4. The molecule has 3 heterocycles. The van der Waals surface area contributed by atoms with Crippen LogP contribution in [0.25, 0.3) is 27.7 Å². The van der Waals surface area contributed by atoms with Crippen LogP contribution >= 0.6 is 0 Å². The Balaban J connectivity index is 1.80. The molecule has 0 unspecified atom stereocenters. The van der Waals surface area contributed by atoms with E-state index in [0.29, 0.717) is 29.0 Å². The summed E-state index contributed by atoms with van der Waals surface area (Å²) in [6, 6.07) is 13.8. The molecule has 150 valence electrons. The number of fused-ring (bicyclic) bond motifs is 3. The van der Waals surface area contributed by atoms with Gasteiger partial charge < -0.3 is 14.2 Å². The standard InChI is InChI=1S/C23H20N4O3/c1-13-22(14(2)30-26-13)17-10-16-18(11-19(17)29-3)27-20(9-15-7-5-4-6-8-15)24-12-21(27)25-23(16)28/h4-8,10-12H,9H2,1-3H3,(H,25,28). The molecular formula is C23H20N4O3. The molecular weight excluding hydrogens is 380 g/mol. The zero-order valence-electron chi connectivity index (χ0n) is 16.9. The van der Waals surface area contributed by atoms with Gasteiger partial charge in [-0.05, 0) is 25.5 Å². The SMILES string of the molecule is COc1cc2c(cc1-c1c(C)noc1C)c(=O)[nH]c1cnc(Cc3ccccc3)n12. The number of ether oxygens (including phenoxy) is 1. The topological polar surface area (TPSA) is 85.4 Å². The van der Waals surface area contributed by atoms with Crippen LogP contribution in [-0.4, -0.2) is 26.6 Å². The van der Waals surface area contributed by atoms with Crippen molar-refractivity contribution in [3.05, 3.63) is 81.9 Å². The van der Waals surface area contributed by atoms with Gasteiger partial charge in [0.2, 0.25) is 0 Å². The lowest BCUT2D eigenvalue weighted by Gasteiger charge is -2.12. The average Bonchev–Trinajstić information content (AvgIpc) is 3.30. The smallest absolute Gasteiger partial charge is 0.258 e. The lowest BCUT2D eigenvalue weighted by atomic mass is 10.0. The number of rotatable bonds is 4. The Morgan fingerprint density at radius 3 is 2.67 bits per heavy atom. The third kappa shape index (κ3) is 2.78. The lowest BCUT2D eigenvalue weighted by Crippen LogP contribution is -2.11. The zero-order valence-corrected chi connectivity index (χ0v) is 16.9. The molecule has 0 amide bonds. The second-order valence-electron chi connectivity index (χ2n) is 7.28. The van der Waals surface area contributed by atoms with Crippen molar-refractivity contribution >= 4 is 16.6 Å².